The van der Waals surface area contributed by atoms with Gasteiger partial charge in [-0.15, -0.1) is 0 Å². The summed E-state index contributed by atoms with van der Waals surface area (Å²) in [5, 5.41) is 3.14. The molecule has 0 saturated heterocycles. The molecule has 0 aromatic heterocycles. The Hall–Kier alpha value is -1.74. The van der Waals surface area contributed by atoms with Crippen LogP contribution in [0.1, 0.15) is 29.7 Å². The number of halogens is 2. The van der Waals surface area contributed by atoms with Crippen LogP contribution >= 0.6 is 0 Å². The Labute approximate surface area is 112 Å². The molecule has 0 aliphatic carbocycles. The minimum Gasteiger partial charge on any atom is -0.306 e. The molecule has 3 heteroatoms. The summed E-state index contributed by atoms with van der Waals surface area (Å²) in [6, 6.07) is 11.5. The molecule has 100 valence electrons. The van der Waals surface area contributed by atoms with E-state index in [1.54, 1.807) is 30.3 Å². The van der Waals surface area contributed by atoms with Crippen molar-refractivity contribution >= 4 is 0 Å². The summed E-state index contributed by atoms with van der Waals surface area (Å²) in [7, 11) is 0. The third kappa shape index (κ3) is 3.38. The molecule has 0 spiro atoms. The average molecular weight is 261 g/mol. The summed E-state index contributed by atoms with van der Waals surface area (Å²) < 4.78 is 27.2. The van der Waals surface area contributed by atoms with Crippen LogP contribution in [0.3, 0.4) is 0 Å². The maximum atomic E-state index is 13.6. The predicted molar refractivity (Wildman–Crippen MR) is 72.8 cm³/mol. The van der Waals surface area contributed by atoms with Crippen molar-refractivity contribution in [1.29, 1.82) is 0 Å². The van der Waals surface area contributed by atoms with Crippen molar-refractivity contribution in [3.63, 3.8) is 0 Å². The summed E-state index contributed by atoms with van der Waals surface area (Å²) in [5.41, 5.74) is 2.20. The molecule has 1 N–H and O–H groups in total. The van der Waals surface area contributed by atoms with E-state index in [0.717, 1.165) is 5.56 Å². The van der Waals surface area contributed by atoms with E-state index in [9.17, 15) is 8.78 Å². The summed E-state index contributed by atoms with van der Waals surface area (Å²) in [4.78, 5) is 0. The van der Waals surface area contributed by atoms with E-state index in [1.807, 2.05) is 13.8 Å². The monoisotopic (exact) mass is 261 g/mol. The summed E-state index contributed by atoms with van der Waals surface area (Å²) in [6.45, 7) is 4.17. The quantitative estimate of drug-likeness (QED) is 0.872. The van der Waals surface area contributed by atoms with Gasteiger partial charge in [0.15, 0.2) is 0 Å². The lowest BCUT2D eigenvalue weighted by atomic mass is 10.1. The van der Waals surface area contributed by atoms with Gasteiger partial charge < -0.3 is 5.32 Å². The molecule has 2 rings (SSSR count). The maximum absolute atomic E-state index is 13.6. The van der Waals surface area contributed by atoms with Crippen molar-refractivity contribution < 1.29 is 8.78 Å². The van der Waals surface area contributed by atoms with Gasteiger partial charge in [-0.2, -0.15) is 0 Å². The van der Waals surface area contributed by atoms with Crippen LogP contribution in [0.2, 0.25) is 0 Å². The van der Waals surface area contributed by atoms with E-state index >= 15 is 0 Å². The predicted octanol–water partition coefficient (Wildman–Crippen LogP) is 4.12. The van der Waals surface area contributed by atoms with Crippen LogP contribution < -0.4 is 5.32 Å². The number of aryl methyl sites for hydroxylation is 1. The zero-order valence-electron chi connectivity index (χ0n) is 11.1. The SMILES string of the molecule is Cc1ccc(F)c(CN[C@H](C)c2ccccc2F)c1. The van der Waals surface area contributed by atoms with Crippen LogP contribution in [0.25, 0.3) is 0 Å². The van der Waals surface area contributed by atoms with Crippen molar-refractivity contribution in [3.8, 4) is 0 Å². The fourth-order valence-corrected chi connectivity index (χ4v) is 2.04. The van der Waals surface area contributed by atoms with Crippen LogP contribution in [-0.2, 0) is 6.54 Å². The second-order valence-corrected chi connectivity index (χ2v) is 4.72. The van der Waals surface area contributed by atoms with Gasteiger partial charge >= 0.3 is 0 Å². The first kappa shape index (κ1) is 13.7. The highest BCUT2D eigenvalue weighted by Crippen LogP contribution is 2.17. The van der Waals surface area contributed by atoms with Gasteiger partial charge in [-0.3, -0.25) is 0 Å². The molecule has 0 aliphatic rings. The first-order valence-electron chi connectivity index (χ1n) is 6.31. The van der Waals surface area contributed by atoms with E-state index in [1.165, 1.54) is 12.1 Å². The maximum Gasteiger partial charge on any atom is 0.127 e. The summed E-state index contributed by atoms with van der Waals surface area (Å²) in [6.07, 6.45) is 0. The molecule has 0 unspecified atom stereocenters. The lowest BCUT2D eigenvalue weighted by Gasteiger charge is -2.15. The number of hydrogen-bond acceptors (Lipinski definition) is 1. The van der Waals surface area contributed by atoms with Crippen molar-refractivity contribution in [1.82, 2.24) is 5.32 Å². The Kier molecular flexibility index (Phi) is 4.27. The van der Waals surface area contributed by atoms with Gasteiger partial charge in [-0.1, -0.05) is 35.9 Å². The molecule has 0 radical (unpaired) electrons. The Morgan fingerprint density at radius 1 is 1.05 bits per heavy atom. The van der Waals surface area contributed by atoms with Crippen LogP contribution in [0.15, 0.2) is 42.5 Å². The second-order valence-electron chi connectivity index (χ2n) is 4.72. The normalized spacial score (nSPS) is 12.4. The van der Waals surface area contributed by atoms with Gasteiger partial charge in [0.2, 0.25) is 0 Å². The number of rotatable bonds is 4. The third-order valence-corrected chi connectivity index (χ3v) is 3.17. The lowest BCUT2D eigenvalue weighted by Crippen LogP contribution is -2.19. The highest BCUT2D eigenvalue weighted by molar-refractivity contribution is 5.25. The molecule has 0 amide bonds. The first-order chi connectivity index (χ1) is 9.08. The van der Waals surface area contributed by atoms with Crippen LogP contribution in [0.5, 0.6) is 0 Å². The van der Waals surface area contributed by atoms with Crippen molar-refractivity contribution in [2.24, 2.45) is 0 Å². The molecular weight excluding hydrogens is 244 g/mol. The minimum absolute atomic E-state index is 0.166. The van der Waals surface area contributed by atoms with Gasteiger partial charge in [-0.25, -0.2) is 8.78 Å². The lowest BCUT2D eigenvalue weighted by molar-refractivity contribution is 0.515. The van der Waals surface area contributed by atoms with E-state index in [2.05, 4.69) is 5.32 Å². The molecular formula is C16H17F2N. The third-order valence-electron chi connectivity index (χ3n) is 3.17. The van der Waals surface area contributed by atoms with Crippen molar-refractivity contribution in [3.05, 3.63) is 70.8 Å². The van der Waals surface area contributed by atoms with E-state index in [4.69, 9.17) is 0 Å². The first-order valence-corrected chi connectivity index (χ1v) is 6.31. The second kappa shape index (κ2) is 5.93. The van der Waals surface area contributed by atoms with Gasteiger partial charge in [0, 0.05) is 23.7 Å². The number of benzene rings is 2. The van der Waals surface area contributed by atoms with Crippen LogP contribution in [0.4, 0.5) is 8.78 Å². The molecule has 2 aromatic rings. The Morgan fingerprint density at radius 2 is 1.79 bits per heavy atom. The standard InChI is InChI=1S/C16H17F2N/c1-11-7-8-15(17)13(9-11)10-19-12(2)14-5-3-4-6-16(14)18/h3-9,12,19H,10H2,1-2H3/t12-/m1/s1. The molecule has 0 saturated carbocycles. The molecule has 2 aromatic carbocycles. The smallest absolute Gasteiger partial charge is 0.127 e. The van der Waals surface area contributed by atoms with Crippen LogP contribution in [0, 0.1) is 18.6 Å². The van der Waals surface area contributed by atoms with Gasteiger partial charge in [0.1, 0.15) is 11.6 Å². The van der Waals surface area contributed by atoms with Crippen molar-refractivity contribution in [2.75, 3.05) is 0 Å². The topological polar surface area (TPSA) is 12.0 Å². The fourth-order valence-electron chi connectivity index (χ4n) is 2.04. The zero-order chi connectivity index (χ0) is 13.8. The molecule has 0 heterocycles. The van der Waals surface area contributed by atoms with Crippen molar-refractivity contribution in [2.45, 2.75) is 26.4 Å². The Bertz CT molecular complexity index is 566. The molecule has 0 bridgehead atoms. The highest BCUT2D eigenvalue weighted by Gasteiger charge is 2.10. The van der Waals surface area contributed by atoms with E-state index < -0.39 is 0 Å². The van der Waals surface area contributed by atoms with Crippen LogP contribution in [-0.4, -0.2) is 0 Å². The van der Waals surface area contributed by atoms with Gasteiger partial charge in [0.05, 0.1) is 0 Å². The minimum atomic E-state index is -0.243. The van der Waals surface area contributed by atoms with Gasteiger partial charge in [0.25, 0.3) is 0 Å². The largest absolute Gasteiger partial charge is 0.306 e. The van der Waals surface area contributed by atoms with E-state index in [-0.39, 0.29) is 17.7 Å². The van der Waals surface area contributed by atoms with Gasteiger partial charge in [-0.05, 0) is 26.0 Å². The molecule has 1 atom stereocenters. The summed E-state index contributed by atoms with van der Waals surface area (Å²) >= 11 is 0. The zero-order valence-corrected chi connectivity index (χ0v) is 11.1. The average Bonchev–Trinajstić information content (AvgIpc) is 2.40. The fraction of sp³-hybridized carbons (Fsp3) is 0.250. The molecule has 19 heavy (non-hydrogen) atoms. The molecule has 0 fully saturated rings. The Morgan fingerprint density at radius 3 is 2.53 bits per heavy atom. The molecule has 0 aliphatic heterocycles. The number of hydrogen-bond donors (Lipinski definition) is 1. The highest BCUT2D eigenvalue weighted by atomic mass is 19.1. The summed E-state index contributed by atoms with van der Waals surface area (Å²) in [5.74, 6) is -0.481. The number of nitrogens with one attached hydrogen (secondary N) is 1. The van der Waals surface area contributed by atoms with E-state index in [0.29, 0.717) is 17.7 Å². The Balaban J connectivity index is 2.06. The molecule has 1 nitrogen and oxygen atoms in total.